The lowest BCUT2D eigenvalue weighted by Gasteiger charge is -2.27. The molecule has 0 radical (unpaired) electrons. The molecule has 0 bridgehead atoms. The van der Waals surface area contributed by atoms with E-state index in [1.165, 1.54) is 5.56 Å². The van der Waals surface area contributed by atoms with Crippen LogP contribution in [-0.2, 0) is 4.79 Å². The Morgan fingerprint density at radius 1 is 1.19 bits per heavy atom. The molecular weight excluding hydrogens is 198 g/mol. The van der Waals surface area contributed by atoms with Crippen molar-refractivity contribution in [3.8, 4) is 0 Å². The van der Waals surface area contributed by atoms with Crippen LogP contribution in [0.25, 0.3) is 0 Å². The van der Waals surface area contributed by atoms with Crippen molar-refractivity contribution in [1.82, 2.24) is 5.32 Å². The molecule has 1 amide bonds. The van der Waals surface area contributed by atoms with Gasteiger partial charge in [-0.25, -0.2) is 0 Å². The standard InChI is InChI=1S/C14H15NO/c16-14-13-11(9-15-14)7-4-8-12(13)10-5-2-1-3-6-10/h1-7,11-13H,8-9H2,(H,15,16)/t11-,12+,13-/m1/s1. The van der Waals surface area contributed by atoms with Gasteiger partial charge in [-0.05, 0) is 17.9 Å². The van der Waals surface area contributed by atoms with Gasteiger partial charge >= 0.3 is 0 Å². The van der Waals surface area contributed by atoms with Crippen molar-refractivity contribution in [2.45, 2.75) is 12.3 Å². The first-order chi connectivity index (χ1) is 7.86. The predicted octanol–water partition coefficient (Wildman–Crippen LogP) is 2.09. The molecule has 0 aromatic heterocycles. The van der Waals surface area contributed by atoms with Crippen molar-refractivity contribution >= 4 is 5.91 Å². The zero-order valence-electron chi connectivity index (χ0n) is 9.10. The Balaban J connectivity index is 1.96. The number of rotatable bonds is 1. The van der Waals surface area contributed by atoms with Gasteiger partial charge in [-0.1, -0.05) is 42.5 Å². The van der Waals surface area contributed by atoms with Gasteiger partial charge in [-0.3, -0.25) is 4.79 Å². The Kier molecular flexibility index (Phi) is 2.28. The number of amides is 1. The van der Waals surface area contributed by atoms with Crippen LogP contribution in [-0.4, -0.2) is 12.5 Å². The average molecular weight is 213 g/mol. The fourth-order valence-electron chi connectivity index (χ4n) is 2.92. The van der Waals surface area contributed by atoms with E-state index < -0.39 is 0 Å². The zero-order valence-corrected chi connectivity index (χ0v) is 9.10. The minimum atomic E-state index is 0.146. The quantitative estimate of drug-likeness (QED) is 0.711. The van der Waals surface area contributed by atoms with Crippen LogP contribution in [0.15, 0.2) is 42.5 Å². The van der Waals surface area contributed by atoms with E-state index in [9.17, 15) is 4.79 Å². The second-order valence-corrected chi connectivity index (χ2v) is 4.62. The summed E-state index contributed by atoms with van der Waals surface area (Å²) >= 11 is 0. The number of hydrogen-bond acceptors (Lipinski definition) is 1. The maximum absolute atomic E-state index is 11.8. The molecule has 3 atom stereocenters. The molecule has 0 unspecified atom stereocenters. The van der Waals surface area contributed by atoms with Crippen molar-refractivity contribution in [2.24, 2.45) is 11.8 Å². The molecule has 16 heavy (non-hydrogen) atoms. The van der Waals surface area contributed by atoms with E-state index in [0.29, 0.717) is 11.8 Å². The van der Waals surface area contributed by atoms with Crippen LogP contribution < -0.4 is 5.32 Å². The van der Waals surface area contributed by atoms with E-state index in [1.807, 2.05) is 6.07 Å². The monoisotopic (exact) mass is 213 g/mol. The molecule has 0 spiro atoms. The molecule has 1 aliphatic heterocycles. The third-order valence-corrected chi connectivity index (χ3v) is 3.71. The van der Waals surface area contributed by atoms with Crippen molar-refractivity contribution in [3.63, 3.8) is 0 Å². The fourth-order valence-corrected chi connectivity index (χ4v) is 2.92. The lowest BCUT2D eigenvalue weighted by atomic mass is 9.74. The summed E-state index contributed by atoms with van der Waals surface area (Å²) in [6.07, 6.45) is 5.40. The number of allylic oxidation sites excluding steroid dienone is 1. The molecule has 1 aliphatic carbocycles. The first-order valence-corrected chi connectivity index (χ1v) is 5.85. The molecule has 2 nitrogen and oxygen atoms in total. The lowest BCUT2D eigenvalue weighted by Crippen LogP contribution is -2.27. The van der Waals surface area contributed by atoms with Gasteiger partial charge in [0.2, 0.25) is 5.91 Å². The fraction of sp³-hybridized carbons (Fsp3) is 0.357. The van der Waals surface area contributed by atoms with Crippen LogP contribution in [0.1, 0.15) is 17.9 Å². The molecule has 1 aromatic carbocycles. The third kappa shape index (κ3) is 1.45. The summed E-state index contributed by atoms with van der Waals surface area (Å²) < 4.78 is 0. The Hall–Kier alpha value is -1.57. The topological polar surface area (TPSA) is 29.1 Å². The van der Waals surface area contributed by atoms with Gasteiger partial charge < -0.3 is 5.32 Å². The predicted molar refractivity (Wildman–Crippen MR) is 62.9 cm³/mol. The summed E-state index contributed by atoms with van der Waals surface area (Å²) in [7, 11) is 0. The second-order valence-electron chi connectivity index (χ2n) is 4.62. The van der Waals surface area contributed by atoms with Gasteiger partial charge in [0.05, 0.1) is 5.92 Å². The second kappa shape index (κ2) is 3.78. The summed E-state index contributed by atoms with van der Waals surface area (Å²) in [6, 6.07) is 10.4. The molecule has 1 heterocycles. The maximum atomic E-state index is 11.8. The molecule has 3 rings (SSSR count). The summed E-state index contributed by atoms with van der Waals surface area (Å²) in [5.74, 6) is 1.13. The zero-order chi connectivity index (χ0) is 11.0. The minimum absolute atomic E-state index is 0.146. The smallest absolute Gasteiger partial charge is 0.224 e. The number of carbonyl (C=O) groups excluding carboxylic acids is 1. The van der Waals surface area contributed by atoms with E-state index in [0.717, 1.165) is 13.0 Å². The number of hydrogen-bond donors (Lipinski definition) is 1. The van der Waals surface area contributed by atoms with Gasteiger partial charge in [-0.15, -0.1) is 0 Å². The molecule has 82 valence electrons. The van der Waals surface area contributed by atoms with Crippen LogP contribution in [0, 0.1) is 11.8 Å². The first-order valence-electron chi connectivity index (χ1n) is 5.85. The largest absolute Gasteiger partial charge is 0.355 e. The molecule has 1 N–H and O–H groups in total. The van der Waals surface area contributed by atoms with Gasteiger partial charge in [0.15, 0.2) is 0 Å². The molecule has 1 aromatic rings. The summed E-state index contributed by atoms with van der Waals surface area (Å²) in [4.78, 5) is 11.8. The van der Waals surface area contributed by atoms with E-state index in [1.54, 1.807) is 0 Å². The third-order valence-electron chi connectivity index (χ3n) is 3.71. The lowest BCUT2D eigenvalue weighted by molar-refractivity contribution is -0.123. The molecule has 1 saturated heterocycles. The van der Waals surface area contributed by atoms with Gasteiger partial charge in [0.25, 0.3) is 0 Å². The van der Waals surface area contributed by atoms with Crippen LogP contribution in [0.3, 0.4) is 0 Å². The van der Waals surface area contributed by atoms with Crippen LogP contribution in [0.4, 0.5) is 0 Å². The van der Waals surface area contributed by atoms with Crippen LogP contribution in [0.5, 0.6) is 0 Å². The average Bonchev–Trinajstić information content (AvgIpc) is 2.73. The summed E-state index contributed by atoms with van der Waals surface area (Å²) in [6.45, 7) is 0.809. The molecular formula is C14H15NO. The van der Waals surface area contributed by atoms with Crippen molar-refractivity contribution < 1.29 is 4.79 Å². The highest BCUT2D eigenvalue weighted by Crippen LogP contribution is 2.39. The Bertz CT molecular complexity index is 424. The molecule has 1 fully saturated rings. The Morgan fingerprint density at radius 3 is 2.81 bits per heavy atom. The van der Waals surface area contributed by atoms with Gasteiger partial charge in [-0.2, -0.15) is 0 Å². The highest BCUT2D eigenvalue weighted by atomic mass is 16.2. The SMILES string of the molecule is O=C1NC[C@H]2C=CC[C@@H](c3ccccc3)[C@H]12. The minimum Gasteiger partial charge on any atom is -0.355 e. The number of fused-ring (bicyclic) bond motifs is 1. The summed E-state index contributed by atoms with van der Waals surface area (Å²) in [5.41, 5.74) is 1.29. The van der Waals surface area contributed by atoms with Gasteiger partial charge in [0, 0.05) is 12.5 Å². The van der Waals surface area contributed by atoms with Crippen molar-refractivity contribution in [3.05, 3.63) is 48.0 Å². The van der Waals surface area contributed by atoms with Crippen LogP contribution in [0.2, 0.25) is 0 Å². The first kappa shape index (κ1) is 9.64. The maximum Gasteiger partial charge on any atom is 0.224 e. The van der Waals surface area contributed by atoms with Gasteiger partial charge in [0.1, 0.15) is 0 Å². The molecule has 2 heteroatoms. The Morgan fingerprint density at radius 2 is 2.00 bits per heavy atom. The van der Waals surface area contributed by atoms with E-state index >= 15 is 0 Å². The van der Waals surface area contributed by atoms with E-state index in [4.69, 9.17) is 0 Å². The highest BCUT2D eigenvalue weighted by molar-refractivity contribution is 5.83. The van der Waals surface area contributed by atoms with E-state index in [2.05, 4.69) is 41.7 Å². The Labute approximate surface area is 95.4 Å². The van der Waals surface area contributed by atoms with Crippen molar-refractivity contribution in [2.75, 3.05) is 6.54 Å². The number of benzene rings is 1. The highest BCUT2D eigenvalue weighted by Gasteiger charge is 2.40. The summed E-state index contributed by atoms with van der Waals surface area (Å²) in [5, 5.41) is 2.97. The van der Waals surface area contributed by atoms with Crippen LogP contribution >= 0.6 is 0 Å². The number of nitrogens with one attached hydrogen (secondary N) is 1. The molecule has 2 aliphatic rings. The number of carbonyl (C=O) groups is 1. The normalized spacial score (nSPS) is 32.2. The molecule has 0 saturated carbocycles. The van der Waals surface area contributed by atoms with E-state index in [-0.39, 0.29) is 11.8 Å². The van der Waals surface area contributed by atoms with Crippen molar-refractivity contribution in [1.29, 1.82) is 0 Å².